The van der Waals surface area contributed by atoms with Gasteiger partial charge in [-0.2, -0.15) is 0 Å². The summed E-state index contributed by atoms with van der Waals surface area (Å²) < 4.78 is 5.41. The highest BCUT2D eigenvalue weighted by atomic mass is 16.6. The van der Waals surface area contributed by atoms with Crippen LogP contribution in [-0.4, -0.2) is 34.5 Å². The van der Waals surface area contributed by atoms with Crippen LogP contribution in [0.1, 0.15) is 33.1 Å². The van der Waals surface area contributed by atoms with Crippen LogP contribution in [0, 0.1) is 23.2 Å². The van der Waals surface area contributed by atoms with Crippen molar-refractivity contribution in [1.29, 1.82) is 0 Å². The predicted octanol–water partition coefficient (Wildman–Crippen LogP) is 1.26. The van der Waals surface area contributed by atoms with Crippen molar-refractivity contribution in [2.45, 2.75) is 51.4 Å². The van der Waals surface area contributed by atoms with Crippen molar-refractivity contribution in [3.8, 4) is 0 Å². The van der Waals surface area contributed by atoms with Crippen LogP contribution in [-0.2, 0) is 9.53 Å². The summed E-state index contributed by atoms with van der Waals surface area (Å²) in [7, 11) is 0. The summed E-state index contributed by atoms with van der Waals surface area (Å²) in [6.45, 7) is 7.98. The molecule has 106 valence electrons. The maximum Gasteiger partial charge on any atom is 0.334 e. The Balaban J connectivity index is 1.98. The molecule has 2 saturated carbocycles. The van der Waals surface area contributed by atoms with Crippen molar-refractivity contribution in [2.24, 2.45) is 23.2 Å². The standard InChI is InChI=1S/C15H22O4/c1-7-4-11-9(8(2)14(18)19-11)6-15(3)12(17)5-10(16)13(7)15/h7,9-13,16-17H,2,4-6H2,1,3H3/t7-,9?,10+,11+,12-,13?,15?/m0/s1. The van der Waals surface area contributed by atoms with Gasteiger partial charge in [0.25, 0.3) is 0 Å². The lowest BCUT2D eigenvalue weighted by molar-refractivity contribution is -0.139. The molecule has 3 aliphatic rings. The third-order valence-corrected chi connectivity index (χ3v) is 5.70. The maximum absolute atomic E-state index is 11.7. The SMILES string of the molecule is C=C1C(=O)O[C@@H]2C[C@H](C)C3[C@H](O)C[C@H](O)C3(C)CC12. The summed E-state index contributed by atoms with van der Waals surface area (Å²) in [5.41, 5.74) is 0.183. The van der Waals surface area contributed by atoms with E-state index < -0.39 is 12.2 Å². The molecular weight excluding hydrogens is 244 g/mol. The van der Waals surface area contributed by atoms with Gasteiger partial charge in [0.05, 0.1) is 12.2 Å². The number of rotatable bonds is 0. The number of aliphatic hydroxyl groups is 2. The summed E-state index contributed by atoms with van der Waals surface area (Å²) in [6.07, 6.45) is 0.755. The molecule has 1 heterocycles. The number of hydrogen-bond acceptors (Lipinski definition) is 4. The maximum atomic E-state index is 11.7. The molecule has 0 aromatic carbocycles. The molecule has 1 saturated heterocycles. The number of fused-ring (bicyclic) bond motifs is 2. The first-order chi connectivity index (χ1) is 8.84. The molecule has 3 unspecified atom stereocenters. The van der Waals surface area contributed by atoms with E-state index >= 15 is 0 Å². The van der Waals surface area contributed by atoms with Crippen LogP contribution in [0.5, 0.6) is 0 Å². The Morgan fingerprint density at radius 3 is 2.74 bits per heavy atom. The Hall–Kier alpha value is -0.870. The average molecular weight is 266 g/mol. The fourth-order valence-corrected chi connectivity index (χ4v) is 4.73. The van der Waals surface area contributed by atoms with Gasteiger partial charge >= 0.3 is 5.97 Å². The average Bonchev–Trinajstić information content (AvgIpc) is 2.63. The van der Waals surface area contributed by atoms with Crippen LogP contribution in [0.2, 0.25) is 0 Å². The van der Waals surface area contributed by atoms with Crippen LogP contribution in [0.25, 0.3) is 0 Å². The van der Waals surface area contributed by atoms with Gasteiger partial charge in [0.1, 0.15) is 6.10 Å². The zero-order valence-corrected chi connectivity index (χ0v) is 11.5. The summed E-state index contributed by atoms with van der Waals surface area (Å²) in [5.74, 6) is -0.00682. The highest BCUT2D eigenvalue weighted by Crippen LogP contribution is 2.56. The number of ether oxygens (including phenoxy) is 1. The third kappa shape index (κ3) is 1.69. The molecule has 1 aliphatic heterocycles. The summed E-state index contributed by atoms with van der Waals surface area (Å²) in [6, 6.07) is 0. The summed E-state index contributed by atoms with van der Waals surface area (Å²) in [5, 5.41) is 20.6. The largest absolute Gasteiger partial charge is 0.458 e. The first kappa shape index (κ1) is 13.1. The molecule has 0 spiro atoms. The Morgan fingerprint density at radius 2 is 2.05 bits per heavy atom. The molecule has 0 aromatic heterocycles. The summed E-state index contributed by atoms with van der Waals surface area (Å²) in [4.78, 5) is 11.7. The molecule has 0 bridgehead atoms. The van der Waals surface area contributed by atoms with Gasteiger partial charge in [-0.1, -0.05) is 20.4 Å². The van der Waals surface area contributed by atoms with E-state index in [1.54, 1.807) is 0 Å². The van der Waals surface area contributed by atoms with E-state index in [2.05, 4.69) is 13.5 Å². The first-order valence-electron chi connectivity index (χ1n) is 7.10. The van der Waals surface area contributed by atoms with E-state index in [0.717, 1.165) is 6.42 Å². The molecule has 7 atom stereocenters. The Labute approximate surface area is 113 Å². The second-order valence-corrected chi connectivity index (χ2v) is 6.84. The van der Waals surface area contributed by atoms with E-state index in [4.69, 9.17) is 4.74 Å². The van der Waals surface area contributed by atoms with Crippen molar-refractivity contribution in [1.82, 2.24) is 0 Å². The van der Waals surface area contributed by atoms with E-state index in [0.29, 0.717) is 18.4 Å². The summed E-state index contributed by atoms with van der Waals surface area (Å²) >= 11 is 0. The molecule has 19 heavy (non-hydrogen) atoms. The third-order valence-electron chi connectivity index (χ3n) is 5.70. The van der Waals surface area contributed by atoms with Crippen molar-refractivity contribution in [2.75, 3.05) is 0 Å². The molecular formula is C15H22O4. The fraction of sp³-hybridized carbons (Fsp3) is 0.800. The zero-order valence-electron chi connectivity index (χ0n) is 11.5. The van der Waals surface area contributed by atoms with Gasteiger partial charge in [0.15, 0.2) is 0 Å². The second kappa shape index (κ2) is 4.06. The molecule has 0 aromatic rings. The highest BCUT2D eigenvalue weighted by Gasteiger charge is 2.58. The van der Waals surface area contributed by atoms with Crippen molar-refractivity contribution in [3.63, 3.8) is 0 Å². The van der Waals surface area contributed by atoms with Gasteiger partial charge in [0, 0.05) is 17.9 Å². The number of carbonyl (C=O) groups excluding carboxylic acids is 1. The van der Waals surface area contributed by atoms with Gasteiger partial charge in [-0.15, -0.1) is 0 Å². The molecule has 2 N–H and O–H groups in total. The topological polar surface area (TPSA) is 66.8 Å². The number of carbonyl (C=O) groups is 1. The first-order valence-corrected chi connectivity index (χ1v) is 7.10. The number of aliphatic hydroxyl groups excluding tert-OH is 2. The van der Waals surface area contributed by atoms with E-state index in [1.165, 1.54) is 0 Å². The molecule has 4 nitrogen and oxygen atoms in total. The van der Waals surface area contributed by atoms with E-state index in [9.17, 15) is 15.0 Å². The smallest absolute Gasteiger partial charge is 0.334 e. The number of hydrogen-bond donors (Lipinski definition) is 2. The minimum absolute atomic E-state index is 0.00935. The molecule has 4 heteroatoms. The molecule has 3 fully saturated rings. The van der Waals surface area contributed by atoms with E-state index in [1.807, 2.05) is 6.92 Å². The van der Waals surface area contributed by atoms with Gasteiger partial charge in [-0.25, -0.2) is 4.79 Å². The van der Waals surface area contributed by atoms with Crippen LogP contribution in [0.3, 0.4) is 0 Å². The lowest BCUT2D eigenvalue weighted by Crippen LogP contribution is -2.37. The lowest BCUT2D eigenvalue weighted by atomic mass is 9.69. The predicted molar refractivity (Wildman–Crippen MR) is 69.1 cm³/mol. The van der Waals surface area contributed by atoms with Crippen molar-refractivity contribution < 1.29 is 19.7 Å². The Kier molecular flexibility index (Phi) is 2.81. The minimum atomic E-state index is -0.516. The normalized spacial score (nSPS) is 53.5. The van der Waals surface area contributed by atoms with Crippen molar-refractivity contribution in [3.05, 3.63) is 12.2 Å². The fourth-order valence-electron chi connectivity index (χ4n) is 4.73. The quantitative estimate of drug-likeness (QED) is 0.512. The van der Waals surface area contributed by atoms with Gasteiger partial charge in [-0.05, 0) is 30.1 Å². The monoisotopic (exact) mass is 266 g/mol. The molecule has 3 rings (SSSR count). The van der Waals surface area contributed by atoms with Crippen LogP contribution in [0.4, 0.5) is 0 Å². The van der Waals surface area contributed by atoms with Crippen LogP contribution < -0.4 is 0 Å². The van der Waals surface area contributed by atoms with Crippen LogP contribution >= 0.6 is 0 Å². The van der Waals surface area contributed by atoms with Gasteiger partial charge < -0.3 is 14.9 Å². The van der Waals surface area contributed by atoms with Gasteiger partial charge in [0.2, 0.25) is 0 Å². The highest BCUT2D eigenvalue weighted by molar-refractivity contribution is 5.90. The van der Waals surface area contributed by atoms with E-state index in [-0.39, 0.29) is 35.2 Å². The second-order valence-electron chi connectivity index (χ2n) is 6.84. The Morgan fingerprint density at radius 1 is 1.37 bits per heavy atom. The minimum Gasteiger partial charge on any atom is -0.458 e. The molecule has 0 radical (unpaired) electrons. The number of esters is 1. The van der Waals surface area contributed by atoms with Crippen LogP contribution in [0.15, 0.2) is 12.2 Å². The van der Waals surface area contributed by atoms with Crippen molar-refractivity contribution >= 4 is 5.97 Å². The zero-order chi connectivity index (χ0) is 13.9. The molecule has 0 amide bonds. The Bertz CT molecular complexity index is 432. The lowest BCUT2D eigenvalue weighted by Gasteiger charge is -2.37. The molecule has 2 aliphatic carbocycles. The van der Waals surface area contributed by atoms with Gasteiger partial charge in [-0.3, -0.25) is 0 Å².